The summed E-state index contributed by atoms with van der Waals surface area (Å²) in [4.78, 5) is 0. The molecule has 0 aliphatic rings. The summed E-state index contributed by atoms with van der Waals surface area (Å²) >= 11 is 0. The monoisotopic (exact) mass is 211 g/mol. The van der Waals surface area contributed by atoms with Crippen LogP contribution in [0.5, 0.6) is 0 Å². The van der Waals surface area contributed by atoms with E-state index in [2.05, 4.69) is 19.2 Å². The van der Waals surface area contributed by atoms with Crippen molar-refractivity contribution in [1.29, 1.82) is 0 Å². The smallest absolute Gasteiger partial charge is 0.105 e. The molecule has 2 unspecified atom stereocenters. The van der Waals surface area contributed by atoms with Crippen LogP contribution in [-0.2, 0) is 11.2 Å². The summed E-state index contributed by atoms with van der Waals surface area (Å²) in [5.41, 5.74) is 0. The first-order valence-corrected chi connectivity index (χ1v) is 5.56. The molecular formula is C12H21NO2. The van der Waals surface area contributed by atoms with Crippen LogP contribution >= 0.6 is 0 Å². The first kappa shape index (κ1) is 12.3. The predicted octanol–water partition coefficient (Wildman–Crippen LogP) is 2.23. The maximum Gasteiger partial charge on any atom is 0.105 e. The van der Waals surface area contributed by atoms with Gasteiger partial charge in [0.2, 0.25) is 0 Å². The molecule has 1 heterocycles. The molecule has 0 aliphatic heterocycles. The van der Waals surface area contributed by atoms with E-state index in [4.69, 9.17) is 9.15 Å². The Labute approximate surface area is 91.8 Å². The fraction of sp³-hybridized carbons (Fsp3) is 0.667. The van der Waals surface area contributed by atoms with Gasteiger partial charge in [-0.3, -0.25) is 0 Å². The normalized spacial score (nSPS) is 15.1. The Morgan fingerprint density at radius 1 is 1.53 bits per heavy atom. The second kappa shape index (κ2) is 6.64. The van der Waals surface area contributed by atoms with Gasteiger partial charge in [-0.05, 0) is 32.0 Å². The van der Waals surface area contributed by atoms with Crippen molar-refractivity contribution in [3.05, 3.63) is 24.2 Å². The van der Waals surface area contributed by atoms with E-state index in [1.807, 2.05) is 12.1 Å². The van der Waals surface area contributed by atoms with Crippen LogP contribution < -0.4 is 5.32 Å². The van der Waals surface area contributed by atoms with E-state index in [1.165, 1.54) is 0 Å². The molecule has 0 radical (unpaired) electrons. The van der Waals surface area contributed by atoms with Crippen molar-refractivity contribution in [3.8, 4) is 0 Å². The molecular weight excluding hydrogens is 190 g/mol. The quantitative estimate of drug-likeness (QED) is 0.751. The van der Waals surface area contributed by atoms with Crippen LogP contribution in [0.15, 0.2) is 22.8 Å². The fourth-order valence-electron chi connectivity index (χ4n) is 1.54. The van der Waals surface area contributed by atoms with Crippen molar-refractivity contribution in [2.45, 2.75) is 38.8 Å². The summed E-state index contributed by atoms with van der Waals surface area (Å²) in [5.74, 6) is 1.01. The molecule has 1 rings (SSSR count). The van der Waals surface area contributed by atoms with Gasteiger partial charge in [-0.2, -0.15) is 0 Å². The minimum atomic E-state index is 0.196. The van der Waals surface area contributed by atoms with E-state index in [0.29, 0.717) is 6.04 Å². The Hall–Kier alpha value is -0.800. The highest BCUT2D eigenvalue weighted by Gasteiger charge is 2.17. The van der Waals surface area contributed by atoms with Crippen LogP contribution in [0.3, 0.4) is 0 Å². The molecule has 0 spiro atoms. The molecule has 0 aromatic carbocycles. The third kappa shape index (κ3) is 4.06. The van der Waals surface area contributed by atoms with Gasteiger partial charge < -0.3 is 14.5 Å². The van der Waals surface area contributed by atoms with Gasteiger partial charge in [0.25, 0.3) is 0 Å². The largest absolute Gasteiger partial charge is 0.469 e. The Kier molecular flexibility index (Phi) is 5.43. The molecule has 0 fully saturated rings. The van der Waals surface area contributed by atoms with E-state index < -0.39 is 0 Å². The topological polar surface area (TPSA) is 34.4 Å². The first-order valence-electron chi connectivity index (χ1n) is 5.56. The van der Waals surface area contributed by atoms with Gasteiger partial charge in [-0.15, -0.1) is 0 Å². The average molecular weight is 211 g/mol. The molecule has 15 heavy (non-hydrogen) atoms. The number of nitrogens with one attached hydrogen (secondary N) is 1. The summed E-state index contributed by atoms with van der Waals surface area (Å²) in [7, 11) is 1.74. The van der Waals surface area contributed by atoms with Gasteiger partial charge in [0.15, 0.2) is 0 Å². The molecule has 3 heteroatoms. The van der Waals surface area contributed by atoms with Crippen molar-refractivity contribution in [2.24, 2.45) is 0 Å². The van der Waals surface area contributed by atoms with Crippen LogP contribution in [0, 0.1) is 0 Å². The lowest BCUT2D eigenvalue weighted by molar-refractivity contribution is 0.0813. The molecule has 3 nitrogen and oxygen atoms in total. The summed E-state index contributed by atoms with van der Waals surface area (Å²) in [6.45, 7) is 5.25. The number of furan rings is 1. The number of methoxy groups -OCH3 is 1. The molecule has 2 atom stereocenters. The van der Waals surface area contributed by atoms with Crippen LogP contribution in [0.4, 0.5) is 0 Å². The lowest BCUT2D eigenvalue weighted by Crippen LogP contribution is -2.41. The lowest BCUT2D eigenvalue weighted by atomic mass is 10.1. The lowest BCUT2D eigenvalue weighted by Gasteiger charge is -2.23. The zero-order chi connectivity index (χ0) is 11.1. The Bertz CT molecular complexity index is 246. The summed E-state index contributed by atoms with van der Waals surface area (Å²) in [6, 6.07) is 4.24. The third-order valence-corrected chi connectivity index (χ3v) is 2.60. The standard InChI is InChI=1S/C12H21NO2/c1-4-7-13-12(10(2)14-3)9-11-6-5-8-15-11/h5-6,8,10,12-13H,4,7,9H2,1-3H3. The number of rotatable bonds is 7. The van der Waals surface area contributed by atoms with Crippen LogP contribution in [0.25, 0.3) is 0 Å². The van der Waals surface area contributed by atoms with Crippen molar-refractivity contribution >= 4 is 0 Å². The van der Waals surface area contributed by atoms with Gasteiger partial charge in [0.05, 0.1) is 12.4 Å². The highest BCUT2D eigenvalue weighted by atomic mass is 16.5. The molecule has 86 valence electrons. The van der Waals surface area contributed by atoms with Gasteiger partial charge in [0.1, 0.15) is 5.76 Å². The fourth-order valence-corrected chi connectivity index (χ4v) is 1.54. The van der Waals surface area contributed by atoms with Gasteiger partial charge in [-0.1, -0.05) is 6.92 Å². The summed E-state index contributed by atoms with van der Waals surface area (Å²) in [5, 5.41) is 3.47. The molecule has 0 amide bonds. The maximum absolute atomic E-state index is 5.35. The van der Waals surface area contributed by atoms with Crippen LogP contribution in [0.1, 0.15) is 26.0 Å². The maximum atomic E-state index is 5.35. The van der Waals surface area contributed by atoms with E-state index in [0.717, 1.165) is 25.1 Å². The second-order valence-corrected chi connectivity index (χ2v) is 3.78. The zero-order valence-corrected chi connectivity index (χ0v) is 9.82. The number of ether oxygens (including phenoxy) is 1. The third-order valence-electron chi connectivity index (χ3n) is 2.60. The van der Waals surface area contributed by atoms with Crippen molar-refractivity contribution in [1.82, 2.24) is 5.32 Å². The molecule has 0 saturated carbocycles. The predicted molar refractivity (Wildman–Crippen MR) is 61.0 cm³/mol. The van der Waals surface area contributed by atoms with E-state index >= 15 is 0 Å². The highest BCUT2D eigenvalue weighted by molar-refractivity contribution is 5.01. The second-order valence-electron chi connectivity index (χ2n) is 3.78. The molecule has 0 bridgehead atoms. The molecule has 1 aromatic heterocycles. The molecule has 1 aromatic rings. The van der Waals surface area contributed by atoms with Crippen molar-refractivity contribution in [2.75, 3.05) is 13.7 Å². The summed E-state index contributed by atoms with van der Waals surface area (Å²) < 4.78 is 10.7. The van der Waals surface area contributed by atoms with Crippen LogP contribution in [-0.4, -0.2) is 25.8 Å². The van der Waals surface area contributed by atoms with Gasteiger partial charge in [-0.25, -0.2) is 0 Å². The SMILES string of the molecule is CCCNC(Cc1ccco1)C(C)OC. The van der Waals surface area contributed by atoms with E-state index in [-0.39, 0.29) is 6.10 Å². The molecule has 1 N–H and O–H groups in total. The Morgan fingerprint density at radius 3 is 2.87 bits per heavy atom. The van der Waals surface area contributed by atoms with Crippen molar-refractivity contribution < 1.29 is 9.15 Å². The minimum absolute atomic E-state index is 0.196. The minimum Gasteiger partial charge on any atom is -0.469 e. The van der Waals surface area contributed by atoms with Crippen molar-refractivity contribution in [3.63, 3.8) is 0 Å². The molecule has 0 saturated heterocycles. The molecule has 0 aliphatic carbocycles. The van der Waals surface area contributed by atoms with E-state index in [9.17, 15) is 0 Å². The number of hydrogen-bond donors (Lipinski definition) is 1. The first-order chi connectivity index (χ1) is 7.27. The van der Waals surface area contributed by atoms with Gasteiger partial charge in [0, 0.05) is 19.6 Å². The number of hydrogen-bond acceptors (Lipinski definition) is 3. The highest BCUT2D eigenvalue weighted by Crippen LogP contribution is 2.08. The Morgan fingerprint density at radius 2 is 2.33 bits per heavy atom. The van der Waals surface area contributed by atoms with Crippen LogP contribution in [0.2, 0.25) is 0 Å². The average Bonchev–Trinajstić information content (AvgIpc) is 2.75. The van der Waals surface area contributed by atoms with E-state index in [1.54, 1.807) is 13.4 Å². The zero-order valence-electron chi connectivity index (χ0n) is 9.82. The van der Waals surface area contributed by atoms with Gasteiger partial charge >= 0.3 is 0 Å². The summed E-state index contributed by atoms with van der Waals surface area (Å²) in [6.07, 6.45) is 3.91. The Balaban J connectivity index is 2.48.